The standard InChI is InChI=1S/C13H18BrNO2/c1-4-10(13(16)17-3)9-15(2)12-8-6-5-7-11(12)14/h5-8,10H,4,9H2,1-3H3. The molecule has 1 aromatic carbocycles. The Hall–Kier alpha value is -1.03. The number of methoxy groups -OCH3 is 1. The zero-order valence-electron chi connectivity index (χ0n) is 10.4. The predicted octanol–water partition coefficient (Wildman–Crippen LogP) is 3.08. The van der Waals surface area contributed by atoms with Crippen molar-refractivity contribution in [2.75, 3.05) is 25.6 Å². The number of hydrogen-bond acceptors (Lipinski definition) is 3. The van der Waals surface area contributed by atoms with Gasteiger partial charge < -0.3 is 9.64 Å². The predicted molar refractivity (Wildman–Crippen MR) is 73.2 cm³/mol. The van der Waals surface area contributed by atoms with Crippen molar-refractivity contribution in [1.29, 1.82) is 0 Å². The van der Waals surface area contributed by atoms with E-state index in [1.54, 1.807) is 0 Å². The number of hydrogen-bond donors (Lipinski definition) is 0. The highest BCUT2D eigenvalue weighted by Crippen LogP contribution is 2.25. The van der Waals surface area contributed by atoms with Crippen LogP contribution in [0.2, 0.25) is 0 Å². The van der Waals surface area contributed by atoms with Crippen LogP contribution in [0.5, 0.6) is 0 Å². The van der Waals surface area contributed by atoms with Crippen LogP contribution in [0.1, 0.15) is 13.3 Å². The fraction of sp³-hybridized carbons (Fsp3) is 0.462. The molecule has 0 heterocycles. The smallest absolute Gasteiger partial charge is 0.310 e. The van der Waals surface area contributed by atoms with Gasteiger partial charge >= 0.3 is 5.97 Å². The third-order valence-corrected chi connectivity index (χ3v) is 3.46. The summed E-state index contributed by atoms with van der Waals surface area (Å²) in [7, 11) is 3.41. The zero-order chi connectivity index (χ0) is 12.8. The van der Waals surface area contributed by atoms with E-state index < -0.39 is 0 Å². The second-order valence-corrected chi connectivity index (χ2v) is 4.81. The fourth-order valence-electron chi connectivity index (χ4n) is 1.73. The molecule has 4 heteroatoms. The van der Waals surface area contributed by atoms with Gasteiger partial charge in [0.15, 0.2) is 0 Å². The maximum absolute atomic E-state index is 11.5. The van der Waals surface area contributed by atoms with E-state index in [9.17, 15) is 4.79 Å². The largest absolute Gasteiger partial charge is 0.469 e. The molecule has 0 saturated heterocycles. The van der Waals surface area contributed by atoms with E-state index in [1.165, 1.54) is 7.11 Å². The van der Waals surface area contributed by atoms with Crippen LogP contribution in [-0.4, -0.2) is 26.7 Å². The summed E-state index contributed by atoms with van der Waals surface area (Å²) >= 11 is 3.50. The molecule has 1 unspecified atom stereocenters. The van der Waals surface area contributed by atoms with E-state index in [1.807, 2.05) is 38.2 Å². The van der Waals surface area contributed by atoms with E-state index in [-0.39, 0.29) is 11.9 Å². The van der Waals surface area contributed by atoms with Crippen LogP contribution in [0, 0.1) is 5.92 Å². The molecule has 0 fully saturated rings. The van der Waals surface area contributed by atoms with Crippen LogP contribution in [-0.2, 0) is 9.53 Å². The SMILES string of the molecule is CCC(CN(C)c1ccccc1Br)C(=O)OC. The van der Waals surface area contributed by atoms with Gasteiger partial charge in [-0.1, -0.05) is 19.1 Å². The number of carbonyl (C=O) groups is 1. The van der Waals surface area contributed by atoms with Gasteiger partial charge in [0.25, 0.3) is 0 Å². The second-order valence-electron chi connectivity index (χ2n) is 3.96. The van der Waals surface area contributed by atoms with Crippen LogP contribution >= 0.6 is 15.9 Å². The molecular formula is C13H18BrNO2. The van der Waals surface area contributed by atoms with Gasteiger partial charge in [0.05, 0.1) is 18.7 Å². The van der Waals surface area contributed by atoms with E-state index in [4.69, 9.17) is 4.74 Å². The minimum atomic E-state index is -0.147. The number of halogens is 1. The third kappa shape index (κ3) is 3.73. The molecule has 0 aromatic heterocycles. The Morgan fingerprint density at radius 2 is 2.12 bits per heavy atom. The van der Waals surface area contributed by atoms with Crippen molar-refractivity contribution in [3.05, 3.63) is 28.7 Å². The second kappa shape index (κ2) is 6.64. The molecule has 0 aliphatic heterocycles. The Morgan fingerprint density at radius 3 is 2.65 bits per heavy atom. The van der Waals surface area contributed by atoms with Crippen molar-refractivity contribution < 1.29 is 9.53 Å². The van der Waals surface area contributed by atoms with Crippen LogP contribution in [0.25, 0.3) is 0 Å². The van der Waals surface area contributed by atoms with Crippen molar-refractivity contribution in [3.63, 3.8) is 0 Å². The molecule has 94 valence electrons. The first-order valence-electron chi connectivity index (χ1n) is 5.63. The Morgan fingerprint density at radius 1 is 1.47 bits per heavy atom. The third-order valence-electron chi connectivity index (χ3n) is 2.79. The summed E-state index contributed by atoms with van der Waals surface area (Å²) in [4.78, 5) is 13.6. The molecule has 0 bridgehead atoms. The summed E-state index contributed by atoms with van der Waals surface area (Å²) in [6.45, 7) is 2.65. The van der Waals surface area contributed by atoms with Gasteiger partial charge in [-0.15, -0.1) is 0 Å². The van der Waals surface area contributed by atoms with Gasteiger partial charge in [0, 0.05) is 18.1 Å². The van der Waals surface area contributed by atoms with Gasteiger partial charge in [-0.3, -0.25) is 4.79 Å². The van der Waals surface area contributed by atoms with E-state index >= 15 is 0 Å². The van der Waals surface area contributed by atoms with Crippen molar-refractivity contribution in [2.24, 2.45) is 5.92 Å². The molecule has 0 aliphatic carbocycles. The van der Waals surface area contributed by atoms with Crippen LogP contribution in [0.4, 0.5) is 5.69 Å². The van der Waals surface area contributed by atoms with Crippen LogP contribution in [0.3, 0.4) is 0 Å². The first-order chi connectivity index (χ1) is 8.10. The lowest BCUT2D eigenvalue weighted by Gasteiger charge is -2.24. The zero-order valence-corrected chi connectivity index (χ0v) is 12.0. The van der Waals surface area contributed by atoms with E-state index in [0.29, 0.717) is 6.54 Å². The van der Waals surface area contributed by atoms with Crippen LogP contribution in [0.15, 0.2) is 28.7 Å². The number of esters is 1. The molecule has 3 nitrogen and oxygen atoms in total. The minimum Gasteiger partial charge on any atom is -0.469 e. The summed E-state index contributed by atoms with van der Waals surface area (Å²) in [5.41, 5.74) is 1.08. The van der Waals surface area contributed by atoms with Gasteiger partial charge in [-0.05, 0) is 34.5 Å². The van der Waals surface area contributed by atoms with Gasteiger partial charge in [-0.2, -0.15) is 0 Å². The molecule has 1 rings (SSSR count). The summed E-state index contributed by atoms with van der Waals surface area (Å²) in [5, 5.41) is 0. The van der Waals surface area contributed by atoms with E-state index in [0.717, 1.165) is 16.6 Å². The van der Waals surface area contributed by atoms with Crippen molar-refractivity contribution in [1.82, 2.24) is 0 Å². The number of rotatable bonds is 5. The first-order valence-corrected chi connectivity index (χ1v) is 6.43. The Bertz CT molecular complexity index is 381. The molecule has 0 saturated carbocycles. The molecule has 1 aromatic rings. The van der Waals surface area contributed by atoms with E-state index in [2.05, 4.69) is 20.8 Å². The highest BCUT2D eigenvalue weighted by molar-refractivity contribution is 9.10. The molecule has 0 radical (unpaired) electrons. The Kier molecular flexibility index (Phi) is 5.48. The maximum atomic E-state index is 11.5. The molecule has 0 N–H and O–H groups in total. The molecule has 0 spiro atoms. The maximum Gasteiger partial charge on any atom is 0.310 e. The quantitative estimate of drug-likeness (QED) is 0.783. The lowest BCUT2D eigenvalue weighted by molar-refractivity contribution is -0.145. The number of nitrogens with zero attached hydrogens (tertiary/aromatic N) is 1. The molecule has 1 atom stereocenters. The number of benzene rings is 1. The highest BCUT2D eigenvalue weighted by Gasteiger charge is 2.19. The topological polar surface area (TPSA) is 29.5 Å². The van der Waals surface area contributed by atoms with Gasteiger partial charge in [0.1, 0.15) is 0 Å². The lowest BCUT2D eigenvalue weighted by atomic mass is 10.1. The Balaban J connectivity index is 2.74. The van der Waals surface area contributed by atoms with Crippen LogP contribution < -0.4 is 4.90 Å². The molecule has 17 heavy (non-hydrogen) atoms. The van der Waals surface area contributed by atoms with Gasteiger partial charge in [0.2, 0.25) is 0 Å². The first kappa shape index (κ1) is 14.0. The number of anilines is 1. The average Bonchev–Trinajstić information content (AvgIpc) is 2.35. The van der Waals surface area contributed by atoms with Crippen molar-refractivity contribution >= 4 is 27.6 Å². The lowest BCUT2D eigenvalue weighted by Crippen LogP contribution is -2.30. The highest BCUT2D eigenvalue weighted by atomic mass is 79.9. The number of ether oxygens (including phenoxy) is 1. The van der Waals surface area contributed by atoms with Crippen molar-refractivity contribution in [3.8, 4) is 0 Å². The summed E-state index contributed by atoms with van der Waals surface area (Å²) in [6, 6.07) is 7.97. The average molecular weight is 300 g/mol. The number of carbonyl (C=O) groups excluding carboxylic acids is 1. The summed E-state index contributed by atoms with van der Waals surface area (Å²) in [6.07, 6.45) is 0.779. The molecular weight excluding hydrogens is 282 g/mol. The summed E-state index contributed by atoms with van der Waals surface area (Å²) < 4.78 is 5.82. The van der Waals surface area contributed by atoms with Crippen molar-refractivity contribution in [2.45, 2.75) is 13.3 Å². The normalized spacial score (nSPS) is 12.0. The Labute approximate surface area is 111 Å². The number of para-hydroxylation sites is 1. The fourth-order valence-corrected chi connectivity index (χ4v) is 2.31. The van der Waals surface area contributed by atoms with Gasteiger partial charge in [-0.25, -0.2) is 0 Å². The minimum absolute atomic E-state index is 0.0860. The monoisotopic (exact) mass is 299 g/mol. The molecule has 0 aliphatic rings. The summed E-state index contributed by atoms with van der Waals surface area (Å²) in [5.74, 6) is -0.233. The molecule has 0 amide bonds.